The second-order valence-corrected chi connectivity index (χ2v) is 13.3. The van der Waals surface area contributed by atoms with Gasteiger partial charge in [0.05, 0.1) is 0 Å². The standard InChI is InChI=1S/C25H19.C22H19.2CH3.2ClH.Si.Zr/c1-16-14-24-17(2)10-12-23(25(24)15-16)21-9-5-8-20-19-7-4-3-6-18(19)11-13-22(20)21;1-15(2)18-13-17-9-6-12-21(22(17)14-18)20-11-5-8-16-7-3-4-10-19(16)20;;;;;;/h3-15H,1-2H3;3-15H,1-2H3;2*1H3;2*1H;;/q4*-1;;;;. The van der Waals surface area contributed by atoms with Crippen LogP contribution < -0.4 is 0 Å². The molecule has 0 aromatic heterocycles. The van der Waals surface area contributed by atoms with Crippen LogP contribution in [-0.2, 0) is 23.3 Å². The summed E-state index contributed by atoms with van der Waals surface area (Å²) >= 11 is 1.36. The summed E-state index contributed by atoms with van der Waals surface area (Å²) in [6.07, 6.45) is 0. The first-order chi connectivity index (χ1) is 24.0. The van der Waals surface area contributed by atoms with E-state index in [9.17, 15) is 0 Å². The van der Waals surface area contributed by atoms with Crippen LogP contribution in [-0.4, -0.2) is 6.88 Å². The molecule has 9 aromatic carbocycles. The molecule has 0 saturated heterocycles. The fourth-order valence-corrected chi connectivity index (χ4v) is 7.39. The molecule has 0 aliphatic carbocycles. The van der Waals surface area contributed by atoms with E-state index in [1.54, 1.807) is 0 Å². The summed E-state index contributed by atoms with van der Waals surface area (Å²) in [7, 11) is 0. The predicted molar refractivity (Wildman–Crippen MR) is 239 cm³/mol. The van der Waals surface area contributed by atoms with Gasteiger partial charge in [0, 0.05) is 0 Å². The minimum atomic E-state index is 0. The molecule has 9 rings (SSSR count). The first kappa shape index (κ1) is 43.6. The molecule has 0 amide bonds. The van der Waals surface area contributed by atoms with Gasteiger partial charge in [-0.1, -0.05) is 148 Å². The van der Waals surface area contributed by atoms with Crippen LogP contribution in [0.25, 0.3) is 76.1 Å². The molecule has 0 unspecified atom stereocenters. The van der Waals surface area contributed by atoms with Crippen molar-refractivity contribution in [3.8, 4) is 22.3 Å². The third-order valence-electron chi connectivity index (χ3n) is 9.85. The number of aryl methyl sites for hydroxylation is 2. The van der Waals surface area contributed by atoms with Crippen molar-refractivity contribution in [2.75, 3.05) is 0 Å². The van der Waals surface area contributed by atoms with Crippen LogP contribution in [0.4, 0.5) is 0 Å². The molecule has 0 nitrogen and oxygen atoms in total. The van der Waals surface area contributed by atoms with Gasteiger partial charge in [-0.15, -0.1) is 93.4 Å². The fourth-order valence-electron chi connectivity index (χ4n) is 7.39. The van der Waals surface area contributed by atoms with Crippen LogP contribution in [0.15, 0.2) is 152 Å². The average molecular weight is 825 g/mol. The van der Waals surface area contributed by atoms with Crippen LogP contribution in [0, 0.1) is 28.7 Å². The maximum absolute atomic E-state index is 3.06. The van der Waals surface area contributed by atoms with Gasteiger partial charge < -0.3 is 14.9 Å². The van der Waals surface area contributed by atoms with Crippen molar-refractivity contribution in [3.63, 3.8) is 0 Å². The van der Waals surface area contributed by atoms with Crippen LogP contribution in [0.3, 0.4) is 0 Å². The van der Waals surface area contributed by atoms with Crippen molar-refractivity contribution in [2.45, 2.75) is 33.6 Å². The summed E-state index contributed by atoms with van der Waals surface area (Å²) < 4.78 is 0. The molecule has 4 heteroatoms. The summed E-state index contributed by atoms with van der Waals surface area (Å²) in [4.78, 5) is 0. The Kier molecular flexibility index (Phi) is 15.6. The topological polar surface area (TPSA) is 0 Å². The summed E-state index contributed by atoms with van der Waals surface area (Å²) in [6, 6.07) is 55.5. The van der Waals surface area contributed by atoms with Gasteiger partial charge in [0.25, 0.3) is 0 Å². The number of fused-ring (bicyclic) bond motifs is 6. The number of hydrogen-bond donors (Lipinski definition) is 0. The summed E-state index contributed by atoms with van der Waals surface area (Å²) in [5, 5.41) is 13.3. The monoisotopic (exact) mass is 822 g/mol. The zero-order valence-corrected chi connectivity index (χ0v) is 36.4. The number of halogens is 2. The van der Waals surface area contributed by atoms with Crippen LogP contribution in [0.5, 0.6) is 0 Å². The van der Waals surface area contributed by atoms with Crippen molar-refractivity contribution in [1.82, 2.24) is 0 Å². The van der Waals surface area contributed by atoms with Crippen molar-refractivity contribution >= 4 is 85.6 Å². The molecule has 0 atom stereocenters. The molecule has 0 bridgehead atoms. The Bertz CT molecular complexity index is 2600. The Morgan fingerprint density at radius 2 is 1.00 bits per heavy atom. The van der Waals surface area contributed by atoms with Gasteiger partial charge in [-0.3, -0.25) is 0 Å². The molecule has 268 valence electrons. The molecule has 9 aromatic rings. The molecule has 0 aliphatic rings. The van der Waals surface area contributed by atoms with Gasteiger partial charge in [-0.2, -0.15) is 12.1 Å². The molecular formula is C49H46Cl2SiZr-4. The number of benzene rings is 7. The van der Waals surface area contributed by atoms with Gasteiger partial charge in [0.1, 0.15) is 0 Å². The van der Waals surface area contributed by atoms with E-state index in [4.69, 9.17) is 0 Å². The number of hydrogen-bond acceptors (Lipinski definition) is 0. The van der Waals surface area contributed by atoms with E-state index in [0.29, 0.717) is 5.92 Å². The Morgan fingerprint density at radius 1 is 0.472 bits per heavy atom. The van der Waals surface area contributed by atoms with Gasteiger partial charge in [-0.25, -0.2) is 0 Å². The molecule has 0 fully saturated rings. The van der Waals surface area contributed by atoms with E-state index < -0.39 is 0 Å². The molecule has 0 aliphatic heterocycles. The van der Waals surface area contributed by atoms with Crippen LogP contribution in [0.1, 0.15) is 36.5 Å². The van der Waals surface area contributed by atoms with E-state index in [1.807, 2.05) is 0 Å². The Morgan fingerprint density at radius 3 is 1.70 bits per heavy atom. The van der Waals surface area contributed by atoms with Crippen molar-refractivity contribution < 1.29 is 23.3 Å². The molecule has 2 radical (unpaired) electrons. The Balaban J connectivity index is 0.000000256. The first-order valence-electron chi connectivity index (χ1n) is 17.0. The zero-order chi connectivity index (χ0) is 34.1. The van der Waals surface area contributed by atoms with Crippen molar-refractivity contribution in [2.24, 2.45) is 0 Å². The van der Waals surface area contributed by atoms with E-state index in [0.717, 1.165) is 0 Å². The molecule has 53 heavy (non-hydrogen) atoms. The normalized spacial score (nSPS) is 10.3. The SMILES string of the molecule is CC(C)c1cc2c(-c3cccc4ccccc34)cccc2[cH-]1.Cc1cc2c(-c3cccc4c3ccc3ccccc34)ccc(C)c2[cH-]1.Cl.Cl.[CH3-].[CH3-].[Si]=[Zr]. The summed E-state index contributed by atoms with van der Waals surface area (Å²) in [5.41, 5.74) is 9.40. The van der Waals surface area contributed by atoms with Gasteiger partial charge >= 0.3 is 30.2 Å². The Hall–Kier alpha value is -3.78. The summed E-state index contributed by atoms with van der Waals surface area (Å²) in [6.45, 7) is 12.0. The third kappa shape index (κ3) is 8.48. The molecule has 0 N–H and O–H groups in total. The minimum absolute atomic E-state index is 0. The van der Waals surface area contributed by atoms with E-state index in [1.165, 1.54) is 116 Å². The van der Waals surface area contributed by atoms with Crippen LogP contribution in [0.2, 0.25) is 0 Å². The second-order valence-electron chi connectivity index (χ2n) is 13.3. The first-order valence-corrected chi connectivity index (χ1v) is 21.1. The fraction of sp³-hybridized carbons (Fsp3) is 0.102. The molecule has 0 spiro atoms. The van der Waals surface area contributed by atoms with E-state index in [2.05, 4.69) is 186 Å². The predicted octanol–water partition coefficient (Wildman–Crippen LogP) is 15.0. The van der Waals surface area contributed by atoms with Gasteiger partial charge in [-0.05, 0) is 49.4 Å². The van der Waals surface area contributed by atoms with Crippen molar-refractivity contribution in [1.29, 1.82) is 0 Å². The number of rotatable bonds is 3. The molecule has 0 saturated carbocycles. The van der Waals surface area contributed by atoms with Crippen LogP contribution >= 0.6 is 24.8 Å². The van der Waals surface area contributed by atoms with Gasteiger partial charge in [0.2, 0.25) is 0 Å². The van der Waals surface area contributed by atoms with E-state index >= 15 is 0 Å². The second kappa shape index (κ2) is 19.0. The van der Waals surface area contributed by atoms with Gasteiger partial charge in [0.15, 0.2) is 0 Å². The zero-order valence-electron chi connectivity index (χ0n) is 31.3. The molecular weight excluding hydrogens is 779 g/mol. The average Bonchev–Trinajstić information content (AvgIpc) is 3.77. The maximum atomic E-state index is 3.06. The molecule has 0 heterocycles. The third-order valence-corrected chi connectivity index (χ3v) is 9.85. The quantitative estimate of drug-likeness (QED) is 0.0946. The summed E-state index contributed by atoms with van der Waals surface area (Å²) in [5.74, 6) is 0.563. The Labute approximate surface area is 345 Å². The van der Waals surface area contributed by atoms with E-state index in [-0.39, 0.29) is 39.7 Å². The van der Waals surface area contributed by atoms with Crippen molar-refractivity contribution in [3.05, 3.63) is 183 Å².